The van der Waals surface area contributed by atoms with E-state index in [4.69, 9.17) is 0 Å². The van der Waals surface area contributed by atoms with E-state index in [1.807, 2.05) is 15.9 Å². The molecule has 0 radical (unpaired) electrons. The van der Waals surface area contributed by atoms with E-state index in [0.29, 0.717) is 45.1 Å². The highest BCUT2D eigenvalue weighted by atomic mass is 19.1. The molecule has 5 nitrogen and oxygen atoms in total. The molecule has 0 unspecified atom stereocenters. The minimum atomic E-state index is -0.270. The number of rotatable bonds is 4. The number of aryl methyl sites for hydroxylation is 1. The zero-order valence-corrected chi connectivity index (χ0v) is 15.3. The van der Waals surface area contributed by atoms with Crippen molar-refractivity contribution in [2.75, 3.05) is 26.2 Å². The summed E-state index contributed by atoms with van der Waals surface area (Å²) >= 11 is 0. The zero-order chi connectivity index (χ0) is 18.4. The van der Waals surface area contributed by atoms with Gasteiger partial charge in [0.1, 0.15) is 5.82 Å². The molecule has 0 atom stereocenters. The van der Waals surface area contributed by atoms with Gasteiger partial charge in [-0.05, 0) is 43.4 Å². The Morgan fingerprint density at radius 3 is 2.54 bits per heavy atom. The Balaban J connectivity index is 1.45. The van der Waals surface area contributed by atoms with E-state index in [9.17, 15) is 14.0 Å². The summed E-state index contributed by atoms with van der Waals surface area (Å²) in [6, 6.07) is 6.71. The lowest BCUT2D eigenvalue weighted by molar-refractivity contribution is -0.131. The van der Waals surface area contributed by atoms with E-state index in [2.05, 4.69) is 5.32 Å². The zero-order valence-electron chi connectivity index (χ0n) is 15.3. The molecule has 26 heavy (non-hydrogen) atoms. The van der Waals surface area contributed by atoms with E-state index in [1.54, 1.807) is 6.07 Å². The molecule has 1 aromatic rings. The van der Waals surface area contributed by atoms with Crippen molar-refractivity contribution in [3.05, 3.63) is 35.6 Å². The maximum atomic E-state index is 13.2. The van der Waals surface area contributed by atoms with E-state index in [1.165, 1.54) is 25.0 Å². The second-order valence-corrected chi connectivity index (χ2v) is 7.28. The minimum Gasteiger partial charge on any atom is -0.341 e. The molecule has 3 rings (SSSR count). The van der Waals surface area contributed by atoms with Crippen LogP contribution in [0.1, 0.15) is 44.1 Å². The summed E-state index contributed by atoms with van der Waals surface area (Å²) in [6.07, 6.45) is 6.24. The second kappa shape index (κ2) is 9.01. The number of halogens is 1. The number of urea groups is 1. The molecule has 0 spiro atoms. The number of benzene rings is 1. The van der Waals surface area contributed by atoms with Gasteiger partial charge in [-0.1, -0.05) is 25.0 Å². The molecule has 3 amide bonds. The summed E-state index contributed by atoms with van der Waals surface area (Å²) in [5.74, 6) is -0.194. The molecule has 1 heterocycles. The lowest BCUT2D eigenvalue weighted by atomic mass is 10.1. The molecule has 1 aliphatic heterocycles. The van der Waals surface area contributed by atoms with Crippen LogP contribution in [0.4, 0.5) is 9.18 Å². The number of nitrogens with one attached hydrogen (secondary N) is 1. The molecular weight excluding hydrogens is 333 g/mol. The number of nitrogens with zero attached hydrogens (tertiary/aromatic N) is 2. The first-order valence-electron chi connectivity index (χ1n) is 9.69. The van der Waals surface area contributed by atoms with Gasteiger partial charge in [0.05, 0.1) is 0 Å². The van der Waals surface area contributed by atoms with Crippen LogP contribution in [-0.4, -0.2) is 54.0 Å². The van der Waals surface area contributed by atoms with Gasteiger partial charge in [0.2, 0.25) is 5.91 Å². The average molecular weight is 361 g/mol. The molecule has 1 aromatic carbocycles. The first-order valence-corrected chi connectivity index (χ1v) is 9.69. The summed E-state index contributed by atoms with van der Waals surface area (Å²) in [7, 11) is 0. The van der Waals surface area contributed by atoms with Crippen molar-refractivity contribution in [1.82, 2.24) is 15.1 Å². The molecule has 2 fully saturated rings. The van der Waals surface area contributed by atoms with Gasteiger partial charge in [0, 0.05) is 38.6 Å². The van der Waals surface area contributed by atoms with Gasteiger partial charge in [0.25, 0.3) is 0 Å². The van der Waals surface area contributed by atoms with Crippen molar-refractivity contribution in [2.24, 2.45) is 0 Å². The van der Waals surface area contributed by atoms with Crippen molar-refractivity contribution >= 4 is 11.9 Å². The van der Waals surface area contributed by atoms with Gasteiger partial charge in [0.15, 0.2) is 0 Å². The van der Waals surface area contributed by atoms with Gasteiger partial charge >= 0.3 is 6.03 Å². The lowest BCUT2D eigenvalue weighted by Crippen LogP contribution is -2.45. The molecule has 1 saturated carbocycles. The molecule has 1 N–H and O–H groups in total. The average Bonchev–Trinajstić information content (AvgIpc) is 3.01. The highest BCUT2D eigenvalue weighted by Gasteiger charge is 2.24. The van der Waals surface area contributed by atoms with Crippen molar-refractivity contribution in [3.8, 4) is 0 Å². The number of amides is 3. The van der Waals surface area contributed by atoms with E-state index >= 15 is 0 Å². The van der Waals surface area contributed by atoms with Crippen LogP contribution in [0.2, 0.25) is 0 Å². The van der Waals surface area contributed by atoms with Crippen LogP contribution in [0.25, 0.3) is 0 Å². The minimum absolute atomic E-state index is 0.00552. The van der Waals surface area contributed by atoms with Gasteiger partial charge < -0.3 is 15.1 Å². The quantitative estimate of drug-likeness (QED) is 0.896. The Labute approximate surface area is 154 Å². The molecule has 1 aliphatic carbocycles. The molecular formula is C20H28FN3O2. The highest BCUT2D eigenvalue weighted by Crippen LogP contribution is 2.18. The number of hydrogen-bond acceptors (Lipinski definition) is 2. The normalized spacial score (nSPS) is 18.7. The molecule has 0 bridgehead atoms. The summed E-state index contributed by atoms with van der Waals surface area (Å²) < 4.78 is 13.2. The highest BCUT2D eigenvalue weighted by molar-refractivity contribution is 5.77. The maximum absolute atomic E-state index is 13.2. The van der Waals surface area contributed by atoms with E-state index < -0.39 is 0 Å². The van der Waals surface area contributed by atoms with Gasteiger partial charge in [-0.15, -0.1) is 0 Å². The standard InChI is InChI=1S/C20H28FN3O2/c21-17-6-3-5-16(15-17)9-10-19(25)23-11-4-12-24(14-13-23)20(26)22-18-7-1-2-8-18/h3,5-6,15,18H,1-2,4,7-14H2,(H,22,26). The second-order valence-electron chi connectivity index (χ2n) is 7.28. The number of carbonyl (C=O) groups is 2. The van der Waals surface area contributed by atoms with Gasteiger partial charge in [-0.3, -0.25) is 4.79 Å². The Kier molecular flexibility index (Phi) is 6.47. The third-order valence-corrected chi connectivity index (χ3v) is 5.34. The van der Waals surface area contributed by atoms with Crippen molar-refractivity contribution in [1.29, 1.82) is 0 Å². The van der Waals surface area contributed by atoms with Crippen LogP contribution in [0.3, 0.4) is 0 Å². The van der Waals surface area contributed by atoms with Gasteiger partial charge in [-0.25, -0.2) is 9.18 Å². The SMILES string of the molecule is O=C(CCc1cccc(F)c1)N1CCCN(C(=O)NC2CCCC2)CC1. The third-order valence-electron chi connectivity index (χ3n) is 5.34. The van der Waals surface area contributed by atoms with Crippen LogP contribution in [-0.2, 0) is 11.2 Å². The van der Waals surface area contributed by atoms with Crippen LogP contribution >= 0.6 is 0 Å². The monoisotopic (exact) mass is 361 g/mol. The fourth-order valence-electron chi connectivity index (χ4n) is 3.81. The van der Waals surface area contributed by atoms with Crippen molar-refractivity contribution in [2.45, 2.75) is 51.0 Å². The Bertz CT molecular complexity index is 631. The van der Waals surface area contributed by atoms with E-state index in [-0.39, 0.29) is 17.8 Å². The molecule has 142 valence electrons. The fraction of sp³-hybridized carbons (Fsp3) is 0.600. The predicted octanol–water partition coefficient (Wildman–Crippen LogP) is 2.94. The van der Waals surface area contributed by atoms with E-state index in [0.717, 1.165) is 24.8 Å². The lowest BCUT2D eigenvalue weighted by Gasteiger charge is -2.24. The molecule has 2 aliphatic rings. The van der Waals surface area contributed by atoms with Crippen LogP contribution in [0.15, 0.2) is 24.3 Å². The van der Waals surface area contributed by atoms with Crippen molar-refractivity contribution in [3.63, 3.8) is 0 Å². The molecule has 6 heteroatoms. The Morgan fingerprint density at radius 2 is 1.77 bits per heavy atom. The number of carbonyl (C=O) groups excluding carboxylic acids is 2. The van der Waals surface area contributed by atoms with Crippen molar-refractivity contribution < 1.29 is 14.0 Å². The summed E-state index contributed by atoms with van der Waals surface area (Å²) in [6.45, 7) is 2.51. The predicted molar refractivity (Wildman–Crippen MR) is 98.3 cm³/mol. The number of hydrogen-bond donors (Lipinski definition) is 1. The largest absolute Gasteiger partial charge is 0.341 e. The Hall–Kier alpha value is -2.11. The molecule has 1 saturated heterocycles. The summed E-state index contributed by atoms with van der Waals surface area (Å²) in [4.78, 5) is 28.5. The van der Waals surface area contributed by atoms with Gasteiger partial charge in [-0.2, -0.15) is 0 Å². The first-order chi connectivity index (χ1) is 12.6. The maximum Gasteiger partial charge on any atom is 0.317 e. The first kappa shape index (κ1) is 18.7. The summed E-state index contributed by atoms with van der Waals surface area (Å²) in [5, 5.41) is 3.12. The van der Waals surface area contributed by atoms with Crippen LogP contribution in [0.5, 0.6) is 0 Å². The smallest absolute Gasteiger partial charge is 0.317 e. The third kappa shape index (κ3) is 5.19. The fourth-order valence-corrected chi connectivity index (χ4v) is 3.81. The van der Waals surface area contributed by atoms with Crippen LogP contribution in [0, 0.1) is 5.82 Å². The summed E-state index contributed by atoms with van der Waals surface area (Å²) in [5.41, 5.74) is 0.839. The Morgan fingerprint density at radius 1 is 1.04 bits per heavy atom. The molecule has 0 aromatic heterocycles. The topological polar surface area (TPSA) is 52.7 Å². The van der Waals surface area contributed by atoms with Crippen LogP contribution < -0.4 is 5.32 Å².